The first kappa shape index (κ1) is 11.5. The molecule has 6 heteroatoms. The summed E-state index contributed by atoms with van der Waals surface area (Å²) in [5.41, 5.74) is 8.57. The van der Waals surface area contributed by atoms with Gasteiger partial charge in [-0.1, -0.05) is 12.1 Å². The van der Waals surface area contributed by atoms with E-state index in [4.69, 9.17) is 10.5 Å². The summed E-state index contributed by atoms with van der Waals surface area (Å²) in [6, 6.07) is 5.80. The Labute approximate surface area is 99.4 Å². The minimum absolute atomic E-state index is 0.569. The number of benzene rings is 1. The van der Waals surface area contributed by atoms with Crippen LogP contribution in [0.4, 0.5) is 5.69 Å². The lowest BCUT2D eigenvalue weighted by molar-refractivity contribution is 0.183. The number of nitrogen functional groups attached to an aromatic ring is 1. The molecule has 17 heavy (non-hydrogen) atoms. The van der Waals surface area contributed by atoms with E-state index in [9.17, 15) is 0 Å². The fourth-order valence-corrected chi connectivity index (χ4v) is 1.52. The lowest BCUT2D eigenvalue weighted by Crippen LogP contribution is -2.08. The van der Waals surface area contributed by atoms with Crippen LogP contribution in [0.25, 0.3) is 11.4 Å². The Morgan fingerprint density at radius 3 is 2.94 bits per heavy atom. The lowest BCUT2D eigenvalue weighted by Gasteiger charge is -2.06. The van der Waals surface area contributed by atoms with Crippen molar-refractivity contribution in [2.24, 2.45) is 0 Å². The van der Waals surface area contributed by atoms with Gasteiger partial charge in [0.05, 0.1) is 13.2 Å². The zero-order valence-corrected chi connectivity index (χ0v) is 9.92. The standard InChI is InChI=1S/C11H15N5O/c1-8-3-4-9(7-10(8)12)11-13-14-15-16(11)5-6-17-2/h3-4,7H,5-6,12H2,1-2H3. The predicted molar refractivity (Wildman–Crippen MR) is 64.3 cm³/mol. The van der Waals surface area contributed by atoms with Crippen molar-refractivity contribution in [3.05, 3.63) is 23.8 Å². The van der Waals surface area contributed by atoms with E-state index in [1.165, 1.54) is 0 Å². The molecule has 2 N–H and O–H groups in total. The van der Waals surface area contributed by atoms with Gasteiger partial charge in [-0.25, -0.2) is 4.68 Å². The van der Waals surface area contributed by atoms with Crippen molar-refractivity contribution in [2.75, 3.05) is 19.5 Å². The highest BCUT2D eigenvalue weighted by Gasteiger charge is 2.09. The van der Waals surface area contributed by atoms with Crippen molar-refractivity contribution in [1.82, 2.24) is 20.2 Å². The molecule has 0 amide bonds. The number of anilines is 1. The number of nitrogens with zero attached hydrogens (tertiary/aromatic N) is 4. The summed E-state index contributed by atoms with van der Waals surface area (Å²) in [4.78, 5) is 0. The van der Waals surface area contributed by atoms with Crippen molar-refractivity contribution in [3.8, 4) is 11.4 Å². The van der Waals surface area contributed by atoms with E-state index in [0.717, 1.165) is 16.8 Å². The molecule has 0 radical (unpaired) electrons. The Balaban J connectivity index is 2.32. The molecule has 1 aromatic carbocycles. The van der Waals surface area contributed by atoms with Crippen molar-refractivity contribution in [1.29, 1.82) is 0 Å². The van der Waals surface area contributed by atoms with Crippen LogP contribution in [0.15, 0.2) is 18.2 Å². The SMILES string of the molecule is COCCn1nnnc1-c1ccc(C)c(N)c1. The molecule has 0 aliphatic rings. The van der Waals surface area contributed by atoms with Gasteiger partial charge in [-0.15, -0.1) is 5.10 Å². The van der Waals surface area contributed by atoms with Crippen LogP contribution in [-0.2, 0) is 11.3 Å². The molecule has 0 bridgehead atoms. The van der Waals surface area contributed by atoms with Crippen molar-refractivity contribution >= 4 is 5.69 Å². The molecule has 1 aromatic heterocycles. The van der Waals surface area contributed by atoms with Gasteiger partial charge in [-0.05, 0) is 29.0 Å². The molecule has 90 valence electrons. The van der Waals surface area contributed by atoms with E-state index in [1.54, 1.807) is 11.8 Å². The van der Waals surface area contributed by atoms with Crippen LogP contribution >= 0.6 is 0 Å². The molecule has 0 fully saturated rings. The quantitative estimate of drug-likeness (QED) is 0.793. The number of nitrogens with two attached hydrogens (primary N) is 1. The molecule has 0 saturated carbocycles. The molecular formula is C11H15N5O. The molecular weight excluding hydrogens is 218 g/mol. The number of hydrogen-bond acceptors (Lipinski definition) is 5. The predicted octanol–water partition coefficient (Wildman–Crippen LogP) is 0.877. The van der Waals surface area contributed by atoms with Crippen molar-refractivity contribution < 1.29 is 4.74 Å². The molecule has 1 heterocycles. The van der Waals surface area contributed by atoms with Crippen molar-refractivity contribution in [3.63, 3.8) is 0 Å². The summed E-state index contributed by atoms with van der Waals surface area (Å²) in [5, 5.41) is 11.6. The molecule has 0 spiro atoms. The normalized spacial score (nSPS) is 10.7. The minimum atomic E-state index is 0.569. The van der Waals surface area contributed by atoms with E-state index >= 15 is 0 Å². The lowest BCUT2D eigenvalue weighted by atomic mass is 10.1. The van der Waals surface area contributed by atoms with Gasteiger partial charge in [0, 0.05) is 18.4 Å². The maximum atomic E-state index is 5.87. The summed E-state index contributed by atoms with van der Waals surface area (Å²) in [7, 11) is 1.65. The first-order chi connectivity index (χ1) is 8.22. The monoisotopic (exact) mass is 233 g/mol. The van der Waals surface area contributed by atoms with Gasteiger partial charge in [0.1, 0.15) is 0 Å². The zero-order chi connectivity index (χ0) is 12.3. The van der Waals surface area contributed by atoms with Crippen LogP contribution in [0.5, 0.6) is 0 Å². The number of aryl methyl sites for hydroxylation is 1. The Morgan fingerprint density at radius 1 is 1.41 bits per heavy atom. The van der Waals surface area contributed by atoms with Crippen LogP contribution < -0.4 is 5.73 Å². The maximum absolute atomic E-state index is 5.87. The number of rotatable bonds is 4. The van der Waals surface area contributed by atoms with Crippen LogP contribution in [0.3, 0.4) is 0 Å². The third-order valence-corrected chi connectivity index (χ3v) is 2.58. The van der Waals surface area contributed by atoms with Crippen LogP contribution in [0, 0.1) is 6.92 Å². The molecule has 0 atom stereocenters. The van der Waals surface area contributed by atoms with E-state index in [1.807, 2.05) is 25.1 Å². The minimum Gasteiger partial charge on any atom is -0.398 e. The first-order valence-electron chi connectivity index (χ1n) is 5.34. The van der Waals surface area contributed by atoms with E-state index in [0.29, 0.717) is 19.0 Å². The fourth-order valence-electron chi connectivity index (χ4n) is 1.52. The summed E-state index contributed by atoms with van der Waals surface area (Å²) >= 11 is 0. The smallest absolute Gasteiger partial charge is 0.182 e. The summed E-state index contributed by atoms with van der Waals surface area (Å²) < 4.78 is 6.71. The summed E-state index contributed by atoms with van der Waals surface area (Å²) in [6.07, 6.45) is 0. The first-order valence-corrected chi connectivity index (χ1v) is 5.34. The van der Waals surface area contributed by atoms with Gasteiger partial charge in [0.25, 0.3) is 0 Å². The molecule has 0 aliphatic heterocycles. The average molecular weight is 233 g/mol. The topological polar surface area (TPSA) is 78.8 Å². The number of aromatic nitrogens is 4. The fraction of sp³-hybridized carbons (Fsp3) is 0.364. The Morgan fingerprint density at radius 2 is 2.24 bits per heavy atom. The van der Waals surface area contributed by atoms with Crippen LogP contribution in [0.1, 0.15) is 5.56 Å². The molecule has 6 nitrogen and oxygen atoms in total. The Kier molecular flexibility index (Phi) is 3.34. The van der Waals surface area contributed by atoms with Gasteiger partial charge in [0.15, 0.2) is 5.82 Å². The third kappa shape index (κ3) is 2.42. The molecule has 0 aliphatic carbocycles. The molecule has 2 rings (SSSR count). The van der Waals surface area contributed by atoms with Crippen LogP contribution in [-0.4, -0.2) is 33.9 Å². The van der Waals surface area contributed by atoms with Gasteiger partial charge in [-0.3, -0.25) is 0 Å². The largest absolute Gasteiger partial charge is 0.398 e. The van der Waals surface area contributed by atoms with E-state index < -0.39 is 0 Å². The number of hydrogen-bond donors (Lipinski definition) is 1. The Bertz CT molecular complexity index is 508. The van der Waals surface area contributed by atoms with E-state index in [2.05, 4.69) is 15.5 Å². The second-order valence-corrected chi connectivity index (χ2v) is 3.79. The number of methoxy groups -OCH3 is 1. The third-order valence-electron chi connectivity index (χ3n) is 2.58. The second-order valence-electron chi connectivity index (χ2n) is 3.79. The van der Waals surface area contributed by atoms with Gasteiger partial charge >= 0.3 is 0 Å². The van der Waals surface area contributed by atoms with E-state index in [-0.39, 0.29) is 0 Å². The molecule has 0 unspecified atom stereocenters. The highest BCUT2D eigenvalue weighted by atomic mass is 16.5. The maximum Gasteiger partial charge on any atom is 0.182 e. The van der Waals surface area contributed by atoms with Gasteiger partial charge in [0.2, 0.25) is 0 Å². The molecule has 2 aromatic rings. The highest BCUT2D eigenvalue weighted by Crippen LogP contribution is 2.21. The van der Waals surface area contributed by atoms with Crippen molar-refractivity contribution in [2.45, 2.75) is 13.5 Å². The van der Waals surface area contributed by atoms with Gasteiger partial charge in [-0.2, -0.15) is 0 Å². The Hall–Kier alpha value is -1.95. The van der Waals surface area contributed by atoms with Gasteiger partial charge < -0.3 is 10.5 Å². The summed E-state index contributed by atoms with van der Waals surface area (Å²) in [6.45, 7) is 3.15. The second kappa shape index (κ2) is 4.92. The molecule has 0 saturated heterocycles. The number of tetrazole rings is 1. The number of ether oxygens (including phenoxy) is 1. The summed E-state index contributed by atoms with van der Waals surface area (Å²) in [5.74, 6) is 0.703. The average Bonchev–Trinajstić information content (AvgIpc) is 2.78. The highest BCUT2D eigenvalue weighted by molar-refractivity contribution is 5.63. The zero-order valence-electron chi connectivity index (χ0n) is 9.92. The van der Waals surface area contributed by atoms with Crippen LogP contribution in [0.2, 0.25) is 0 Å².